The Morgan fingerprint density at radius 1 is 1.47 bits per heavy atom. The number of halogens is 1. The minimum atomic E-state index is -3.84. The lowest BCUT2D eigenvalue weighted by atomic mass is 10.2. The number of amides is 1. The highest BCUT2D eigenvalue weighted by Gasteiger charge is 2.36. The first-order chi connectivity index (χ1) is 8.84. The molecule has 1 aromatic rings. The molecule has 1 atom stereocenters. The molecule has 1 fully saturated rings. The number of benzene rings is 1. The summed E-state index contributed by atoms with van der Waals surface area (Å²) in [4.78, 5) is 11.5. The van der Waals surface area contributed by atoms with Gasteiger partial charge in [-0.1, -0.05) is 11.6 Å². The van der Waals surface area contributed by atoms with Gasteiger partial charge in [0, 0.05) is 18.8 Å². The summed E-state index contributed by atoms with van der Waals surface area (Å²) in [5, 5.41) is 2.70. The molecular weight excluding hydrogens is 290 g/mol. The molecule has 6 nitrogen and oxygen atoms in total. The second kappa shape index (κ2) is 4.99. The number of carbonyl (C=O) groups excluding carboxylic acids is 1. The van der Waals surface area contributed by atoms with Crippen molar-refractivity contribution >= 4 is 33.2 Å². The fraction of sp³-hybridized carbons (Fsp3) is 0.364. The second-order valence-electron chi connectivity index (χ2n) is 4.27. The first kappa shape index (κ1) is 14.1. The Balaban J connectivity index is 2.47. The molecule has 104 valence electrons. The van der Waals surface area contributed by atoms with Gasteiger partial charge in [-0.05, 0) is 25.1 Å². The highest BCUT2D eigenvalue weighted by atomic mass is 35.5. The van der Waals surface area contributed by atoms with Crippen molar-refractivity contribution in [2.24, 2.45) is 0 Å². The molecule has 0 saturated carbocycles. The van der Waals surface area contributed by atoms with Gasteiger partial charge in [0.25, 0.3) is 0 Å². The number of piperazine rings is 1. The minimum Gasteiger partial charge on any atom is -0.399 e. The topological polar surface area (TPSA) is 92.5 Å². The molecule has 1 amide bonds. The molecule has 0 spiro atoms. The van der Waals surface area contributed by atoms with Crippen LogP contribution in [0.1, 0.15) is 6.92 Å². The van der Waals surface area contributed by atoms with E-state index in [4.69, 9.17) is 17.3 Å². The zero-order valence-corrected chi connectivity index (χ0v) is 11.8. The molecule has 3 N–H and O–H groups in total. The molecule has 1 aromatic carbocycles. The van der Waals surface area contributed by atoms with Crippen molar-refractivity contribution in [3.63, 3.8) is 0 Å². The van der Waals surface area contributed by atoms with Gasteiger partial charge < -0.3 is 11.1 Å². The van der Waals surface area contributed by atoms with E-state index >= 15 is 0 Å². The van der Waals surface area contributed by atoms with Crippen molar-refractivity contribution in [3.05, 3.63) is 23.2 Å². The summed E-state index contributed by atoms with van der Waals surface area (Å²) >= 11 is 5.92. The summed E-state index contributed by atoms with van der Waals surface area (Å²) < 4.78 is 26.2. The van der Waals surface area contributed by atoms with Crippen LogP contribution >= 0.6 is 11.6 Å². The number of carbonyl (C=O) groups is 1. The van der Waals surface area contributed by atoms with Gasteiger partial charge in [0.2, 0.25) is 15.9 Å². The van der Waals surface area contributed by atoms with E-state index in [1.54, 1.807) is 0 Å². The van der Waals surface area contributed by atoms with Gasteiger partial charge in [-0.15, -0.1) is 0 Å². The van der Waals surface area contributed by atoms with E-state index in [0.717, 1.165) is 4.31 Å². The summed E-state index contributed by atoms with van der Waals surface area (Å²) in [6, 6.07) is 3.49. The zero-order valence-electron chi connectivity index (χ0n) is 10.3. The Bertz CT molecular complexity index is 618. The van der Waals surface area contributed by atoms with Crippen LogP contribution in [0.4, 0.5) is 5.69 Å². The van der Waals surface area contributed by atoms with Crippen molar-refractivity contribution in [3.8, 4) is 0 Å². The van der Waals surface area contributed by atoms with Crippen LogP contribution in [0, 0.1) is 0 Å². The molecule has 1 aliphatic rings. The van der Waals surface area contributed by atoms with Crippen molar-refractivity contribution in [1.82, 2.24) is 9.62 Å². The van der Waals surface area contributed by atoms with Crippen LogP contribution in [0.3, 0.4) is 0 Å². The number of hydrogen-bond acceptors (Lipinski definition) is 4. The lowest BCUT2D eigenvalue weighted by Gasteiger charge is -2.32. The van der Waals surface area contributed by atoms with Crippen molar-refractivity contribution in [2.75, 3.05) is 18.8 Å². The summed E-state index contributed by atoms with van der Waals surface area (Å²) in [6.07, 6.45) is 0. The molecule has 1 saturated heterocycles. The van der Waals surface area contributed by atoms with Crippen LogP contribution in [-0.2, 0) is 14.8 Å². The maximum atomic E-state index is 12.5. The number of nitrogen functional groups attached to an aromatic ring is 1. The van der Waals surface area contributed by atoms with Crippen LogP contribution in [0.5, 0.6) is 0 Å². The second-order valence-corrected chi connectivity index (χ2v) is 6.54. The molecule has 0 aromatic heterocycles. The molecular formula is C11H14ClN3O3S. The van der Waals surface area contributed by atoms with E-state index in [2.05, 4.69) is 5.32 Å². The number of hydrogen-bond donors (Lipinski definition) is 2. The summed E-state index contributed by atoms with van der Waals surface area (Å²) in [5.74, 6) is -0.324. The monoisotopic (exact) mass is 303 g/mol. The van der Waals surface area contributed by atoms with E-state index in [0.29, 0.717) is 5.69 Å². The van der Waals surface area contributed by atoms with Crippen LogP contribution in [0.2, 0.25) is 5.02 Å². The first-order valence-corrected chi connectivity index (χ1v) is 7.50. The summed E-state index contributed by atoms with van der Waals surface area (Å²) in [7, 11) is -3.84. The van der Waals surface area contributed by atoms with Gasteiger partial charge in [-0.3, -0.25) is 4.79 Å². The minimum absolute atomic E-state index is 0.0734. The first-order valence-electron chi connectivity index (χ1n) is 5.68. The third kappa shape index (κ3) is 2.54. The fourth-order valence-electron chi connectivity index (χ4n) is 1.93. The van der Waals surface area contributed by atoms with Gasteiger partial charge in [-0.25, -0.2) is 8.42 Å². The van der Waals surface area contributed by atoms with E-state index in [-0.39, 0.29) is 28.9 Å². The predicted molar refractivity (Wildman–Crippen MR) is 72.2 cm³/mol. The molecule has 0 bridgehead atoms. The Labute approximate surface area is 116 Å². The molecule has 1 unspecified atom stereocenters. The van der Waals surface area contributed by atoms with Gasteiger partial charge in [-0.2, -0.15) is 4.31 Å². The lowest BCUT2D eigenvalue weighted by Crippen LogP contribution is -2.55. The van der Waals surface area contributed by atoms with E-state index in [1.807, 2.05) is 0 Å². The number of nitrogens with zero attached hydrogens (tertiary/aromatic N) is 1. The van der Waals surface area contributed by atoms with E-state index in [1.165, 1.54) is 25.1 Å². The van der Waals surface area contributed by atoms with Gasteiger partial charge >= 0.3 is 0 Å². The van der Waals surface area contributed by atoms with E-state index in [9.17, 15) is 13.2 Å². The molecule has 1 heterocycles. The van der Waals surface area contributed by atoms with Crippen LogP contribution in [0.15, 0.2) is 23.1 Å². The Morgan fingerprint density at radius 2 is 2.16 bits per heavy atom. The summed E-state index contributed by atoms with van der Waals surface area (Å²) in [5.41, 5.74) is 5.90. The molecule has 19 heavy (non-hydrogen) atoms. The number of nitrogens with one attached hydrogen (secondary N) is 1. The number of rotatable bonds is 2. The van der Waals surface area contributed by atoms with Crippen LogP contribution in [-0.4, -0.2) is 37.8 Å². The normalized spacial score (nSPS) is 21.2. The maximum Gasteiger partial charge on any atom is 0.245 e. The van der Waals surface area contributed by atoms with E-state index < -0.39 is 16.1 Å². The maximum absolute atomic E-state index is 12.5. The highest BCUT2D eigenvalue weighted by molar-refractivity contribution is 7.89. The van der Waals surface area contributed by atoms with Crippen molar-refractivity contribution < 1.29 is 13.2 Å². The van der Waals surface area contributed by atoms with Gasteiger partial charge in [0.05, 0.1) is 5.02 Å². The predicted octanol–water partition coefficient (Wildman–Crippen LogP) is 0.431. The average Bonchev–Trinajstić information content (AvgIpc) is 2.35. The lowest BCUT2D eigenvalue weighted by molar-refractivity contribution is -0.126. The smallest absolute Gasteiger partial charge is 0.245 e. The highest BCUT2D eigenvalue weighted by Crippen LogP contribution is 2.28. The molecule has 2 rings (SSSR count). The Morgan fingerprint density at radius 3 is 2.84 bits per heavy atom. The molecule has 0 aliphatic carbocycles. The number of sulfonamides is 1. The molecule has 1 aliphatic heterocycles. The largest absolute Gasteiger partial charge is 0.399 e. The third-order valence-electron chi connectivity index (χ3n) is 2.98. The van der Waals surface area contributed by atoms with Crippen molar-refractivity contribution in [1.29, 1.82) is 0 Å². The Hall–Kier alpha value is -1.31. The van der Waals surface area contributed by atoms with Crippen molar-refractivity contribution in [2.45, 2.75) is 17.9 Å². The standard InChI is InChI=1S/C11H14ClN3O3S/c1-7-11(16)14-4-5-15(7)19(17,18)10-6-8(13)2-3-9(10)12/h2-3,6-7H,4-5,13H2,1H3,(H,14,16). The van der Waals surface area contributed by atoms with Crippen LogP contribution < -0.4 is 11.1 Å². The van der Waals surface area contributed by atoms with Gasteiger partial charge in [0.15, 0.2) is 0 Å². The fourth-order valence-corrected chi connectivity index (χ4v) is 4.04. The van der Waals surface area contributed by atoms with Crippen LogP contribution in [0.25, 0.3) is 0 Å². The van der Waals surface area contributed by atoms with Gasteiger partial charge in [0.1, 0.15) is 10.9 Å². The number of nitrogens with two attached hydrogens (primary N) is 1. The summed E-state index contributed by atoms with van der Waals surface area (Å²) in [6.45, 7) is 2.02. The average molecular weight is 304 g/mol. The third-order valence-corrected chi connectivity index (χ3v) is 5.44. The molecule has 0 radical (unpaired) electrons. The molecule has 8 heteroatoms. The zero-order chi connectivity index (χ0) is 14.2. The SMILES string of the molecule is CC1C(=O)NCCN1S(=O)(=O)c1cc(N)ccc1Cl. The quantitative estimate of drug-likeness (QED) is 0.775. The number of anilines is 1. The Kier molecular flexibility index (Phi) is 3.71.